The second kappa shape index (κ2) is 10.5. The molecule has 0 spiro atoms. The summed E-state index contributed by atoms with van der Waals surface area (Å²) in [4.78, 5) is 10.5. The Morgan fingerprint density at radius 1 is 1.29 bits per heavy atom. The SMILES string of the molecule is CCCC#CCOC[C@H]1[C@H](/C=C\CCCCC(=O)O)[C@H]2CC[C@@H]1O2. The number of ether oxygens (including phenoxy) is 2. The van der Waals surface area contributed by atoms with E-state index in [1.54, 1.807) is 0 Å². The van der Waals surface area contributed by atoms with Crippen LogP contribution in [0.3, 0.4) is 0 Å². The van der Waals surface area contributed by atoms with Gasteiger partial charge in [-0.3, -0.25) is 4.79 Å². The van der Waals surface area contributed by atoms with Crippen LogP contribution in [-0.4, -0.2) is 36.5 Å². The predicted octanol–water partition coefficient (Wildman–Crippen LogP) is 3.80. The molecule has 2 heterocycles. The predicted molar refractivity (Wildman–Crippen MR) is 93.6 cm³/mol. The molecule has 134 valence electrons. The number of carboxylic acid groups (broad SMARTS) is 1. The molecule has 0 aromatic carbocycles. The van der Waals surface area contributed by atoms with Crippen molar-refractivity contribution in [3.05, 3.63) is 12.2 Å². The molecule has 0 unspecified atom stereocenters. The first kappa shape index (κ1) is 19.0. The van der Waals surface area contributed by atoms with Crippen LogP contribution in [0, 0.1) is 23.7 Å². The third kappa shape index (κ3) is 5.96. The summed E-state index contributed by atoms with van der Waals surface area (Å²) >= 11 is 0. The first-order valence-corrected chi connectivity index (χ1v) is 9.29. The molecule has 24 heavy (non-hydrogen) atoms. The highest BCUT2D eigenvalue weighted by Crippen LogP contribution is 2.44. The summed E-state index contributed by atoms with van der Waals surface area (Å²) in [5, 5.41) is 8.64. The molecule has 2 aliphatic heterocycles. The molecule has 2 rings (SSSR count). The van der Waals surface area contributed by atoms with E-state index in [1.165, 1.54) is 0 Å². The maximum atomic E-state index is 10.5. The Labute approximate surface area is 145 Å². The molecule has 2 saturated heterocycles. The van der Waals surface area contributed by atoms with Crippen molar-refractivity contribution in [2.45, 2.75) is 70.5 Å². The molecule has 0 amide bonds. The summed E-state index contributed by atoms with van der Waals surface area (Å²) in [5.74, 6) is 6.34. The fourth-order valence-electron chi connectivity index (χ4n) is 3.60. The van der Waals surface area contributed by atoms with Gasteiger partial charge in [-0.1, -0.05) is 25.0 Å². The summed E-state index contributed by atoms with van der Waals surface area (Å²) in [7, 11) is 0. The average molecular weight is 334 g/mol. The van der Waals surface area contributed by atoms with Gasteiger partial charge < -0.3 is 14.6 Å². The van der Waals surface area contributed by atoms with Crippen LogP contribution >= 0.6 is 0 Å². The highest BCUT2D eigenvalue weighted by atomic mass is 16.5. The molecule has 0 aromatic rings. The van der Waals surface area contributed by atoms with E-state index >= 15 is 0 Å². The van der Waals surface area contributed by atoms with E-state index in [4.69, 9.17) is 14.6 Å². The minimum atomic E-state index is -0.709. The number of fused-ring (bicyclic) bond motifs is 2. The van der Waals surface area contributed by atoms with Crippen LogP contribution < -0.4 is 0 Å². The number of allylic oxidation sites excluding steroid dienone is 1. The smallest absolute Gasteiger partial charge is 0.303 e. The van der Waals surface area contributed by atoms with E-state index in [-0.39, 0.29) is 6.42 Å². The van der Waals surface area contributed by atoms with Crippen LogP contribution in [0.2, 0.25) is 0 Å². The van der Waals surface area contributed by atoms with Crippen LogP contribution in [0.1, 0.15) is 58.3 Å². The second-order valence-corrected chi connectivity index (χ2v) is 6.72. The van der Waals surface area contributed by atoms with Gasteiger partial charge in [-0.05, 0) is 38.5 Å². The Bertz CT molecular complexity index is 474. The maximum Gasteiger partial charge on any atom is 0.303 e. The van der Waals surface area contributed by atoms with Crippen molar-refractivity contribution in [1.29, 1.82) is 0 Å². The minimum absolute atomic E-state index is 0.264. The molecule has 4 nitrogen and oxygen atoms in total. The van der Waals surface area contributed by atoms with E-state index < -0.39 is 5.97 Å². The standard InChI is InChI=1S/C20H30O4/c1-2-3-4-9-14-23-15-17-16(18-12-13-19(17)24-18)10-7-5-6-8-11-20(21)22/h7,10,16-19H,2-3,5-6,8,11-15H2,1H3,(H,21,22)/b10-7-/t16-,17-,18+,19-/m0/s1. The number of unbranched alkanes of at least 4 members (excludes halogenated alkanes) is 3. The number of rotatable bonds is 10. The van der Waals surface area contributed by atoms with Crippen molar-refractivity contribution in [2.75, 3.05) is 13.2 Å². The molecule has 2 aliphatic rings. The summed E-state index contributed by atoms with van der Waals surface area (Å²) in [5.41, 5.74) is 0. The summed E-state index contributed by atoms with van der Waals surface area (Å²) in [6.07, 6.45) is 12.3. The Balaban J connectivity index is 1.71. The number of carbonyl (C=O) groups is 1. The lowest BCUT2D eigenvalue weighted by Gasteiger charge is -2.25. The zero-order valence-electron chi connectivity index (χ0n) is 14.7. The molecule has 2 fully saturated rings. The molecule has 2 bridgehead atoms. The fourth-order valence-corrected chi connectivity index (χ4v) is 3.60. The van der Waals surface area contributed by atoms with Crippen molar-refractivity contribution in [2.24, 2.45) is 11.8 Å². The van der Waals surface area contributed by atoms with Gasteiger partial charge in [-0.15, -0.1) is 5.92 Å². The van der Waals surface area contributed by atoms with Gasteiger partial charge >= 0.3 is 5.97 Å². The number of hydrogen-bond acceptors (Lipinski definition) is 3. The second-order valence-electron chi connectivity index (χ2n) is 6.72. The molecular formula is C20H30O4. The van der Waals surface area contributed by atoms with Gasteiger partial charge in [0.1, 0.15) is 6.61 Å². The van der Waals surface area contributed by atoms with Gasteiger partial charge in [0.05, 0.1) is 18.8 Å². The monoisotopic (exact) mass is 334 g/mol. The topological polar surface area (TPSA) is 55.8 Å². The van der Waals surface area contributed by atoms with Crippen molar-refractivity contribution >= 4 is 5.97 Å². The largest absolute Gasteiger partial charge is 0.481 e. The van der Waals surface area contributed by atoms with Crippen molar-refractivity contribution in [1.82, 2.24) is 0 Å². The van der Waals surface area contributed by atoms with Crippen molar-refractivity contribution < 1.29 is 19.4 Å². The van der Waals surface area contributed by atoms with E-state index in [2.05, 4.69) is 30.9 Å². The van der Waals surface area contributed by atoms with E-state index in [9.17, 15) is 4.79 Å². The molecule has 0 radical (unpaired) electrons. The molecule has 1 N–H and O–H groups in total. The molecule has 4 atom stereocenters. The van der Waals surface area contributed by atoms with Crippen molar-refractivity contribution in [3.63, 3.8) is 0 Å². The van der Waals surface area contributed by atoms with Gasteiger partial charge in [0.2, 0.25) is 0 Å². The zero-order chi connectivity index (χ0) is 17.2. The minimum Gasteiger partial charge on any atom is -0.481 e. The molecule has 0 aromatic heterocycles. The highest BCUT2D eigenvalue weighted by Gasteiger charge is 2.47. The lowest BCUT2D eigenvalue weighted by molar-refractivity contribution is -0.137. The molecule has 0 aliphatic carbocycles. The number of carboxylic acids is 1. The third-order valence-corrected chi connectivity index (χ3v) is 4.84. The maximum absolute atomic E-state index is 10.5. The normalized spacial score (nSPS) is 28.2. The number of aliphatic carboxylic acids is 1. The number of hydrogen-bond donors (Lipinski definition) is 1. The fraction of sp³-hybridized carbons (Fsp3) is 0.750. The first-order chi connectivity index (χ1) is 11.7. The van der Waals surface area contributed by atoms with E-state index in [1.807, 2.05) is 0 Å². The Kier molecular flexibility index (Phi) is 8.35. The van der Waals surface area contributed by atoms with E-state index in [0.717, 1.165) is 51.6 Å². The lowest BCUT2D eigenvalue weighted by atomic mass is 9.79. The highest BCUT2D eigenvalue weighted by molar-refractivity contribution is 5.66. The van der Waals surface area contributed by atoms with E-state index in [0.29, 0.717) is 30.7 Å². The van der Waals surface area contributed by atoms with Crippen LogP contribution in [0.5, 0.6) is 0 Å². The Morgan fingerprint density at radius 2 is 2.12 bits per heavy atom. The Hall–Kier alpha value is -1.31. The van der Waals surface area contributed by atoms with Gasteiger partial charge in [-0.25, -0.2) is 0 Å². The van der Waals surface area contributed by atoms with Gasteiger partial charge in [0.25, 0.3) is 0 Å². The van der Waals surface area contributed by atoms with Gasteiger partial charge in [0, 0.05) is 24.7 Å². The summed E-state index contributed by atoms with van der Waals surface area (Å²) in [6.45, 7) is 3.36. The lowest BCUT2D eigenvalue weighted by Crippen LogP contribution is -2.29. The van der Waals surface area contributed by atoms with Crippen LogP contribution in [0.15, 0.2) is 12.2 Å². The quantitative estimate of drug-likeness (QED) is 0.375. The zero-order valence-corrected chi connectivity index (χ0v) is 14.7. The van der Waals surface area contributed by atoms with Gasteiger partial charge in [0.15, 0.2) is 0 Å². The molecule has 0 saturated carbocycles. The first-order valence-electron chi connectivity index (χ1n) is 9.29. The molecule has 4 heteroatoms. The van der Waals surface area contributed by atoms with Crippen LogP contribution in [0.25, 0.3) is 0 Å². The van der Waals surface area contributed by atoms with Gasteiger partial charge in [-0.2, -0.15) is 0 Å². The van der Waals surface area contributed by atoms with Crippen LogP contribution in [0.4, 0.5) is 0 Å². The van der Waals surface area contributed by atoms with Crippen LogP contribution in [-0.2, 0) is 14.3 Å². The van der Waals surface area contributed by atoms with Crippen molar-refractivity contribution in [3.8, 4) is 11.8 Å². The average Bonchev–Trinajstić information content (AvgIpc) is 3.15. The molecular weight excluding hydrogens is 304 g/mol. The summed E-state index contributed by atoms with van der Waals surface area (Å²) < 4.78 is 11.8. The third-order valence-electron chi connectivity index (χ3n) is 4.84. The summed E-state index contributed by atoms with van der Waals surface area (Å²) in [6, 6.07) is 0. The Morgan fingerprint density at radius 3 is 2.92 bits per heavy atom.